The Bertz CT molecular complexity index is 1170. The first kappa shape index (κ1) is 19.0. The second-order valence-corrected chi connectivity index (χ2v) is 10.1. The van der Waals surface area contributed by atoms with E-state index in [1.165, 1.54) is 11.1 Å². The highest BCUT2D eigenvalue weighted by molar-refractivity contribution is 8.89. The second kappa shape index (κ2) is 8.01. The van der Waals surface area contributed by atoms with Crippen LogP contribution >= 0.6 is 20.5 Å². The number of guanidine groups is 1. The van der Waals surface area contributed by atoms with Gasteiger partial charge < -0.3 is 10.6 Å². The summed E-state index contributed by atoms with van der Waals surface area (Å²) in [6.07, 6.45) is 0. The molecule has 2 heterocycles. The molecule has 0 saturated carbocycles. The molecule has 5 rings (SSSR count). The molecule has 0 aromatic heterocycles. The number of aliphatic imine (C=N–C) groups is 1. The van der Waals surface area contributed by atoms with Crippen LogP contribution in [-0.4, -0.2) is 16.2 Å². The summed E-state index contributed by atoms with van der Waals surface area (Å²) in [5, 5.41) is 8.70. The van der Waals surface area contributed by atoms with Crippen LogP contribution in [-0.2, 0) is 0 Å². The molecular formula is C23H21N5S2. The number of hydrogen-bond acceptors (Lipinski definition) is 6. The third kappa shape index (κ3) is 3.86. The largest absolute Gasteiger partial charge is 0.334 e. The van der Waals surface area contributed by atoms with Gasteiger partial charge in [0.05, 0.1) is 5.69 Å². The van der Waals surface area contributed by atoms with Crippen molar-refractivity contribution in [2.45, 2.75) is 13.8 Å². The first-order valence-corrected chi connectivity index (χ1v) is 12.2. The molecule has 3 aromatic rings. The number of nitrogens with one attached hydrogen (secondary N) is 2. The Morgan fingerprint density at radius 3 is 2.10 bits per heavy atom. The zero-order valence-corrected chi connectivity index (χ0v) is 18.3. The highest BCUT2D eigenvalue weighted by atomic mass is 33.1. The van der Waals surface area contributed by atoms with Gasteiger partial charge in [0.15, 0.2) is 10.3 Å². The lowest BCUT2D eigenvalue weighted by Crippen LogP contribution is -2.37. The lowest BCUT2D eigenvalue weighted by molar-refractivity contribution is 1.36. The van der Waals surface area contributed by atoms with E-state index in [0.29, 0.717) is 0 Å². The molecule has 7 heteroatoms. The Labute approximate surface area is 182 Å². The average Bonchev–Trinajstić information content (AvgIpc) is 3.28. The zero-order valence-electron chi connectivity index (χ0n) is 16.7. The molecule has 0 radical (unpaired) electrons. The Morgan fingerprint density at radius 1 is 0.767 bits per heavy atom. The van der Waals surface area contributed by atoms with Gasteiger partial charge in [0, 0.05) is 31.9 Å². The van der Waals surface area contributed by atoms with E-state index in [0.717, 1.165) is 33.3 Å². The summed E-state index contributed by atoms with van der Waals surface area (Å²) in [5.41, 5.74) is 5.54. The van der Waals surface area contributed by atoms with Gasteiger partial charge in [-0.05, 0) is 50.2 Å². The maximum atomic E-state index is 4.97. The SMILES string of the molecule is Cc1ccc(NC2=NS3=C(N=C(Nc4ccccc4)S3)N2c2ccc(C)cc2)cc1. The fourth-order valence-corrected chi connectivity index (χ4v) is 6.17. The van der Waals surface area contributed by atoms with E-state index in [1.807, 2.05) is 30.3 Å². The van der Waals surface area contributed by atoms with Gasteiger partial charge in [-0.1, -0.05) is 53.6 Å². The standard InChI is InChI=1S/C23H21N5S2/c1-16-8-12-19(13-9-16)24-21-27-30-23(28(21)20-14-10-17(2)11-15-20)26-22(29-30)25-18-6-4-3-5-7-18/h3-15H,1-2H3,(H,24,27)(H,25,26). The Hall–Kier alpha value is -3.03. The fraction of sp³-hybridized carbons (Fsp3) is 0.0870. The minimum Gasteiger partial charge on any atom is -0.334 e. The molecule has 0 fully saturated rings. The van der Waals surface area contributed by atoms with Gasteiger partial charge in [0.2, 0.25) is 5.96 Å². The van der Waals surface area contributed by atoms with Crippen molar-refractivity contribution in [1.82, 2.24) is 0 Å². The Balaban J connectivity index is 1.44. The molecule has 5 nitrogen and oxygen atoms in total. The van der Waals surface area contributed by atoms with Crippen LogP contribution in [0.3, 0.4) is 0 Å². The van der Waals surface area contributed by atoms with E-state index in [-0.39, 0.29) is 0 Å². The van der Waals surface area contributed by atoms with Crippen molar-refractivity contribution < 1.29 is 0 Å². The van der Waals surface area contributed by atoms with Gasteiger partial charge in [0.25, 0.3) is 0 Å². The summed E-state index contributed by atoms with van der Waals surface area (Å²) in [7, 11) is 1.26. The van der Waals surface area contributed by atoms with E-state index in [2.05, 4.69) is 77.9 Å². The van der Waals surface area contributed by atoms with Crippen LogP contribution < -0.4 is 15.5 Å². The van der Waals surface area contributed by atoms with Crippen LogP contribution in [0.15, 0.2) is 88.3 Å². The molecule has 30 heavy (non-hydrogen) atoms. The molecule has 0 amide bonds. The smallest absolute Gasteiger partial charge is 0.221 e. The first-order valence-electron chi connectivity index (χ1n) is 9.65. The maximum absolute atomic E-state index is 4.97. The normalized spacial score (nSPS) is 17.5. The van der Waals surface area contributed by atoms with Gasteiger partial charge in [-0.15, -0.1) is 0 Å². The monoisotopic (exact) mass is 431 g/mol. The highest BCUT2D eigenvalue weighted by Crippen LogP contribution is 2.46. The third-order valence-corrected chi connectivity index (χ3v) is 7.76. The minimum absolute atomic E-state index is 0.397. The van der Waals surface area contributed by atoms with Crippen LogP contribution in [0.5, 0.6) is 0 Å². The number of aryl methyl sites for hydroxylation is 2. The van der Waals surface area contributed by atoms with Gasteiger partial charge in [0.1, 0.15) is 0 Å². The molecule has 2 aliphatic heterocycles. The van der Waals surface area contributed by atoms with Crippen molar-refractivity contribution in [1.29, 1.82) is 0 Å². The summed E-state index contributed by atoms with van der Waals surface area (Å²) in [4.78, 5) is 7.02. The zero-order chi connectivity index (χ0) is 20.5. The van der Waals surface area contributed by atoms with Crippen molar-refractivity contribution in [2.24, 2.45) is 9.39 Å². The molecule has 1 atom stereocenters. The van der Waals surface area contributed by atoms with Gasteiger partial charge in [-0.3, -0.25) is 4.90 Å². The number of rotatable bonds is 3. The van der Waals surface area contributed by atoms with Crippen LogP contribution in [0.4, 0.5) is 17.1 Å². The number of benzene rings is 3. The molecule has 3 aromatic carbocycles. The number of hydrogen-bond donors (Lipinski definition) is 2. The van der Waals surface area contributed by atoms with Gasteiger partial charge in [-0.2, -0.15) is 9.39 Å². The summed E-state index contributed by atoms with van der Waals surface area (Å²) in [6, 6.07) is 26.9. The number of para-hydroxylation sites is 1. The lowest BCUT2D eigenvalue weighted by atomic mass is 10.2. The highest BCUT2D eigenvalue weighted by Gasteiger charge is 2.33. The summed E-state index contributed by atoms with van der Waals surface area (Å²) in [5.74, 6) is 0.802. The molecule has 0 aliphatic carbocycles. The number of nitrogens with zero attached hydrogens (tertiary/aromatic N) is 3. The Kier molecular flexibility index (Phi) is 5.06. The van der Waals surface area contributed by atoms with E-state index >= 15 is 0 Å². The summed E-state index contributed by atoms with van der Waals surface area (Å²) < 4.78 is 4.97. The molecule has 2 aliphatic rings. The van der Waals surface area contributed by atoms with Crippen molar-refractivity contribution >= 4 is 53.8 Å². The summed E-state index contributed by atoms with van der Waals surface area (Å²) >= 11 is 0. The van der Waals surface area contributed by atoms with Crippen molar-refractivity contribution in [3.8, 4) is 0 Å². The van der Waals surface area contributed by atoms with Crippen LogP contribution in [0.2, 0.25) is 0 Å². The average molecular weight is 432 g/mol. The maximum Gasteiger partial charge on any atom is 0.221 e. The van der Waals surface area contributed by atoms with Gasteiger partial charge in [-0.25, -0.2) is 0 Å². The van der Waals surface area contributed by atoms with Gasteiger partial charge >= 0.3 is 0 Å². The fourth-order valence-electron chi connectivity index (χ4n) is 3.12. The van der Waals surface area contributed by atoms with E-state index in [1.54, 1.807) is 10.8 Å². The predicted molar refractivity (Wildman–Crippen MR) is 134 cm³/mol. The quantitative estimate of drug-likeness (QED) is 0.395. The molecule has 0 spiro atoms. The lowest BCUT2D eigenvalue weighted by Gasteiger charge is -2.22. The van der Waals surface area contributed by atoms with Crippen molar-refractivity contribution in [3.63, 3.8) is 0 Å². The molecule has 0 bridgehead atoms. The number of amidine groups is 1. The molecule has 0 saturated heterocycles. The minimum atomic E-state index is -0.397. The van der Waals surface area contributed by atoms with E-state index in [4.69, 9.17) is 9.39 Å². The molecule has 1 unspecified atom stereocenters. The molecule has 2 N–H and O–H groups in total. The molecule has 150 valence electrons. The second-order valence-electron chi connectivity index (χ2n) is 7.10. The number of anilines is 3. The molecular weight excluding hydrogens is 410 g/mol. The van der Waals surface area contributed by atoms with E-state index < -0.39 is 9.70 Å². The topological polar surface area (TPSA) is 52.0 Å². The van der Waals surface area contributed by atoms with Crippen LogP contribution in [0.25, 0.3) is 0 Å². The first-order chi connectivity index (χ1) is 14.7. The predicted octanol–water partition coefficient (Wildman–Crippen LogP) is 5.99. The van der Waals surface area contributed by atoms with Crippen molar-refractivity contribution in [3.05, 3.63) is 90.0 Å². The van der Waals surface area contributed by atoms with Crippen LogP contribution in [0.1, 0.15) is 11.1 Å². The van der Waals surface area contributed by atoms with Crippen LogP contribution in [0, 0.1) is 13.8 Å². The third-order valence-electron chi connectivity index (χ3n) is 4.71. The van der Waals surface area contributed by atoms with Crippen molar-refractivity contribution in [2.75, 3.05) is 15.5 Å². The Morgan fingerprint density at radius 2 is 1.40 bits per heavy atom. The summed E-state index contributed by atoms with van der Waals surface area (Å²) in [6.45, 7) is 4.18. The van der Waals surface area contributed by atoms with E-state index in [9.17, 15) is 0 Å².